The number of hydrogen-bond acceptors (Lipinski definition) is 4. The number of carbonyl (C=O) groups excluding carboxylic acids is 2. The van der Waals surface area contributed by atoms with Crippen LogP contribution in [0.1, 0.15) is 48.7 Å². The molecule has 0 N–H and O–H groups in total. The van der Waals surface area contributed by atoms with Gasteiger partial charge in [0.2, 0.25) is 0 Å². The van der Waals surface area contributed by atoms with Gasteiger partial charge in [-0.3, -0.25) is 4.79 Å². The van der Waals surface area contributed by atoms with Crippen LogP contribution in [0.15, 0.2) is 18.2 Å². The van der Waals surface area contributed by atoms with E-state index in [1.165, 1.54) is 17.8 Å². The Morgan fingerprint density at radius 1 is 1.23 bits per heavy atom. The number of carbonyl (C=O) groups is 2. The number of thiophene rings is 1. The van der Waals surface area contributed by atoms with E-state index >= 15 is 0 Å². The lowest BCUT2D eigenvalue weighted by Crippen LogP contribution is -2.44. The van der Waals surface area contributed by atoms with E-state index in [-0.39, 0.29) is 11.9 Å². The third-order valence-corrected chi connectivity index (χ3v) is 6.75. The van der Waals surface area contributed by atoms with Crippen molar-refractivity contribution in [1.29, 1.82) is 0 Å². The summed E-state index contributed by atoms with van der Waals surface area (Å²) in [4.78, 5) is 27.2. The summed E-state index contributed by atoms with van der Waals surface area (Å²) in [5, 5.41) is 1.67. The summed E-state index contributed by atoms with van der Waals surface area (Å²) < 4.78 is 6.23. The number of amides is 1. The molecule has 1 aromatic carbocycles. The largest absolute Gasteiger partial charge is 0.448 e. The minimum Gasteiger partial charge on any atom is -0.448 e. The van der Waals surface area contributed by atoms with Gasteiger partial charge >= 0.3 is 5.97 Å². The maximum Gasteiger partial charge on any atom is 0.350 e. The first-order valence-corrected chi connectivity index (χ1v) is 10.3. The third kappa shape index (κ3) is 4.00. The van der Waals surface area contributed by atoms with E-state index in [2.05, 4.69) is 0 Å². The maximum absolute atomic E-state index is 12.6. The van der Waals surface area contributed by atoms with Crippen LogP contribution in [0.5, 0.6) is 0 Å². The molecule has 26 heavy (non-hydrogen) atoms. The average Bonchev–Trinajstić information content (AvgIpc) is 2.97. The van der Waals surface area contributed by atoms with Gasteiger partial charge in [0.1, 0.15) is 4.88 Å². The molecular formula is C19H21Cl2NO3S. The van der Waals surface area contributed by atoms with E-state index in [0.717, 1.165) is 35.8 Å². The van der Waals surface area contributed by atoms with Crippen molar-refractivity contribution >= 4 is 56.5 Å². The second-order valence-electron chi connectivity index (χ2n) is 6.67. The highest BCUT2D eigenvalue weighted by Gasteiger charge is 2.29. The van der Waals surface area contributed by atoms with Crippen LogP contribution in [0.25, 0.3) is 10.1 Å². The third-order valence-electron chi connectivity index (χ3n) is 4.88. The Kier molecular flexibility index (Phi) is 6.10. The van der Waals surface area contributed by atoms with Crippen molar-refractivity contribution in [3.63, 3.8) is 0 Å². The number of ether oxygens (including phenoxy) is 1. The molecule has 1 amide bonds. The van der Waals surface area contributed by atoms with E-state index in [4.69, 9.17) is 27.9 Å². The lowest BCUT2D eigenvalue weighted by molar-refractivity contribution is -0.141. The molecule has 3 rings (SSSR count). The number of fused-ring (bicyclic) bond motifs is 1. The van der Waals surface area contributed by atoms with Crippen LogP contribution < -0.4 is 0 Å². The van der Waals surface area contributed by atoms with Gasteiger partial charge in [-0.1, -0.05) is 48.5 Å². The van der Waals surface area contributed by atoms with E-state index in [1.807, 2.05) is 0 Å². The van der Waals surface area contributed by atoms with Gasteiger partial charge in [-0.25, -0.2) is 4.79 Å². The van der Waals surface area contributed by atoms with Crippen molar-refractivity contribution in [2.75, 3.05) is 7.05 Å². The zero-order chi connectivity index (χ0) is 18.8. The first kappa shape index (κ1) is 19.5. The van der Waals surface area contributed by atoms with E-state index in [9.17, 15) is 9.59 Å². The quantitative estimate of drug-likeness (QED) is 0.617. The topological polar surface area (TPSA) is 46.6 Å². The van der Waals surface area contributed by atoms with Gasteiger partial charge < -0.3 is 9.64 Å². The summed E-state index contributed by atoms with van der Waals surface area (Å²) in [5.74, 6) is -0.754. The van der Waals surface area contributed by atoms with Gasteiger partial charge in [0.25, 0.3) is 5.91 Å². The molecule has 7 heteroatoms. The van der Waals surface area contributed by atoms with Crippen LogP contribution in [-0.2, 0) is 9.53 Å². The molecule has 1 aliphatic carbocycles. The standard InChI is InChI=1S/C19H21Cl2NO3S/c1-11(18(23)22(2)13-6-4-3-5-7-13)25-19(24)17-16(21)14-9-8-12(20)10-15(14)26-17/h8-11,13H,3-7H2,1-2H3/t11-/m0/s1. The Morgan fingerprint density at radius 2 is 1.92 bits per heavy atom. The van der Waals surface area contributed by atoms with Crippen LogP contribution in [0.2, 0.25) is 10.0 Å². The summed E-state index contributed by atoms with van der Waals surface area (Å²) in [6, 6.07) is 5.49. The first-order chi connectivity index (χ1) is 12.4. The summed E-state index contributed by atoms with van der Waals surface area (Å²) in [5.41, 5.74) is 0. The lowest BCUT2D eigenvalue weighted by atomic mass is 9.94. The Bertz CT molecular complexity index is 830. The van der Waals surface area contributed by atoms with Crippen LogP contribution in [-0.4, -0.2) is 36.0 Å². The van der Waals surface area contributed by atoms with Crippen LogP contribution >= 0.6 is 34.5 Å². The molecular weight excluding hydrogens is 393 g/mol. The molecule has 1 aliphatic rings. The second-order valence-corrected chi connectivity index (χ2v) is 8.54. The predicted molar refractivity (Wildman–Crippen MR) is 106 cm³/mol. The van der Waals surface area contributed by atoms with Crippen LogP contribution in [0.4, 0.5) is 0 Å². The fraction of sp³-hybridized carbons (Fsp3) is 0.474. The highest BCUT2D eigenvalue weighted by atomic mass is 35.5. The number of nitrogens with zero attached hydrogens (tertiary/aromatic N) is 1. The van der Waals surface area contributed by atoms with Crippen LogP contribution in [0.3, 0.4) is 0 Å². The Hall–Kier alpha value is -1.30. The van der Waals surface area contributed by atoms with Crippen molar-refractivity contribution in [3.8, 4) is 0 Å². The first-order valence-electron chi connectivity index (χ1n) is 8.73. The van der Waals surface area contributed by atoms with Crippen molar-refractivity contribution in [2.45, 2.75) is 51.2 Å². The Labute approximate surface area is 167 Å². The van der Waals surface area contributed by atoms with E-state index in [1.54, 1.807) is 37.1 Å². The zero-order valence-corrected chi connectivity index (χ0v) is 17.1. The number of rotatable bonds is 4. The normalized spacial score (nSPS) is 16.5. The van der Waals surface area contributed by atoms with Crippen molar-refractivity contribution in [1.82, 2.24) is 4.90 Å². The summed E-state index contributed by atoms with van der Waals surface area (Å²) in [7, 11) is 1.79. The molecule has 1 aromatic heterocycles. The molecule has 0 bridgehead atoms. The van der Waals surface area contributed by atoms with Gasteiger partial charge in [0.05, 0.1) is 5.02 Å². The van der Waals surface area contributed by atoms with Crippen molar-refractivity contribution in [3.05, 3.63) is 33.1 Å². The van der Waals surface area contributed by atoms with Crippen LogP contribution in [0, 0.1) is 0 Å². The molecule has 0 unspecified atom stereocenters. The highest BCUT2D eigenvalue weighted by Crippen LogP contribution is 2.37. The fourth-order valence-corrected chi connectivity index (χ4v) is 5.04. The fourth-order valence-electron chi connectivity index (χ4n) is 3.37. The number of benzene rings is 1. The number of halogens is 2. The number of hydrogen-bond donors (Lipinski definition) is 0. The SMILES string of the molecule is C[C@H](OC(=O)c1sc2cc(Cl)ccc2c1Cl)C(=O)N(C)C1CCCCC1. The number of likely N-dealkylation sites (N-methyl/N-ethyl adjacent to an activating group) is 1. The van der Waals surface area contributed by atoms with E-state index in [0.29, 0.717) is 14.9 Å². The van der Waals surface area contributed by atoms with Gasteiger partial charge in [0.15, 0.2) is 6.10 Å². The molecule has 0 spiro atoms. The van der Waals surface area contributed by atoms with Gasteiger partial charge in [-0.2, -0.15) is 0 Å². The molecule has 1 saturated carbocycles. The molecule has 0 aliphatic heterocycles. The van der Waals surface area contributed by atoms with Crippen molar-refractivity contribution < 1.29 is 14.3 Å². The number of esters is 1. The Morgan fingerprint density at radius 3 is 2.62 bits per heavy atom. The summed E-state index contributed by atoms with van der Waals surface area (Å²) >= 11 is 13.5. The average molecular weight is 414 g/mol. The molecule has 4 nitrogen and oxygen atoms in total. The summed E-state index contributed by atoms with van der Waals surface area (Å²) in [6.07, 6.45) is 4.65. The molecule has 1 fully saturated rings. The monoisotopic (exact) mass is 413 g/mol. The highest BCUT2D eigenvalue weighted by molar-refractivity contribution is 7.21. The predicted octanol–water partition coefficient (Wildman–Crippen LogP) is 5.54. The van der Waals surface area contributed by atoms with Gasteiger partial charge in [-0.15, -0.1) is 11.3 Å². The summed E-state index contributed by atoms with van der Waals surface area (Å²) in [6.45, 7) is 1.61. The molecule has 2 aromatic rings. The molecule has 0 saturated heterocycles. The minimum absolute atomic E-state index is 0.175. The molecule has 0 radical (unpaired) electrons. The second kappa shape index (κ2) is 8.15. The molecule has 1 heterocycles. The lowest BCUT2D eigenvalue weighted by Gasteiger charge is -2.32. The van der Waals surface area contributed by atoms with Gasteiger partial charge in [-0.05, 0) is 31.9 Å². The smallest absolute Gasteiger partial charge is 0.350 e. The van der Waals surface area contributed by atoms with Gasteiger partial charge in [0, 0.05) is 28.2 Å². The maximum atomic E-state index is 12.6. The molecule has 1 atom stereocenters. The van der Waals surface area contributed by atoms with E-state index < -0.39 is 12.1 Å². The molecule has 140 valence electrons. The van der Waals surface area contributed by atoms with Crippen molar-refractivity contribution in [2.24, 2.45) is 0 Å². The zero-order valence-electron chi connectivity index (χ0n) is 14.8. The Balaban J connectivity index is 1.70. The minimum atomic E-state index is -0.848.